The highest BCUT2D eigenvalue weighted by Gasteiger charge is 2.13. The third kappa shape index (κ3) is 3.39. The molecule has 2 aromatic rings. The number of aliphatic hydroxyl groups is 1. The van der Waals surface area contributed by atoms with Crippen molar-refractivity contribution < 1.29 is 18.7 Å². The number of aliphatic hydroxyl groups excluding tert-OH is 1. The average Bonchev–Trinajstić information content (AvgIpc) is 2.45. The molecule has 0 bridgehead atoms. The number of benzene rings is 2. The van der Waals surface area contributed by atoms with Crippen molar-refractivity contribution in [3.63, 3.8) is 0 Å². The summed E-state index contributed by atoms with van der Waals surface area (Å²) >= 11 is 0. The van der Waals surface area contributed by atoms with Gasteiger partial charge < -0.3 is 10.4 Å². The lowest BCUT2D eigenvalue weighted by Crippen LogP contribution is -2.29. The van der Waals surface area contributed by atoms with Gasteiger partial charge in [0.1, 0.15) is 11.6 Å². The van der Waals surface area contributed by atoms with Crippen molar-refractivity contribution in [3.8, 4) is 0 Å². The van der Waals surface area contributed by atoms with E-state index in [9.17, 15) is 18.7 Å². The summed E-state index contributed by atoms with van der Waals surface area (Å²) in [6, 6.07) is 10.9. The minimum Gasteiger partial charge on any atom is -0.387 e. The molecular formula is C15H13F2NO2. The molecule has 1 atom stereocenters. The molecule has 2 N–H and O–H groups in total. The smallest absolute Gasteiger partial charge is 0.254 e. The molecule has 0 saturated heterocycles. The van der Waals surface area contributed by atoms with Crippen molar-refractivity contribution in [1.29, 1.82) is 0 Å². The zero-order valence-corrected chi connectivity index (χ0v) is 10.5. The van der Waals surface area contributed by atoms with Crippen LogP contribution in [0.1, 0.15) is 22.0 Å². The summed E-state index contributed by atoms with van der Waals surface area (Å²) in [4.78, 5) is 11.7. The number of halogens is 2. The average molecular weight is 277 g/mol. The summed E-state index contributed by atoms with van der Waals surface area (Å²) in [6.07, 6.45) is -0.980. The van der Waals surface area contributed by atoms with Crippen LogP contribution in [-0.4, -0.2) is 17.6 Å². The Kier molecular flexibility index (Phi) is 4.42. The van der Waals surface area contributed by atoms with E-state index in [0.717, 1.165) is 0 Å². The molecule has 2 rings (SSSR count). The van der Waals surface area contributed by atoms with E-state index in [2.05, 4.69) is 5.32 Å². The standard InChI is InChI=1S/C15H13F2NO2/c16-11-7-5-10(6-8-11)14(19)9-18-15(20)12-3-1-2-4-13(12)17/h1-8,14,19H,9H2,(H,18,20). The first-order chi connectivity index (χ1) is 9.58. The molecule has 104 valence electrons. The van der Waals surface area contributed by atoms with Crippen molar-refractivity contribution in [2.75, 3.05) is 6.54 Å². The minimum absolute atomic E-state index is 0.0844. The lowest BCUT2D eigenvalue weighted by atomic mass is 10.1. The predicted molar refractivity (Wildman–Crippen MR) is 70.1 cm³/mol. The first-order valence-electron chi connectivity index (χ1n) is 6.04. The lowest BCUT2D eigenvalue weighted by Gasteiger charge is -2.12. The van der Waals surface area contributed by atoms with Crippen LogP contribution in [-0.2, 0) is 0 Å². The summed E-state index contributed by atoms with van der Waals surface area (Å²) in [5, 5.41) is 12.3. The Balaban J connectivity index is 1.97. The molecule has 0 spiro atoms. The van der Waals surface area contributed by atoms with Crippen LogP contribution in [0.2, 0.25) is 0 Å². The van der Waals surface area contributed by atoms with Crippen molar-refractivity contribution in [1.82, 2.24) is 5.32 Å². The topological polar surface area (TPSA) is 49.3 Å². The van der Waals surface area contributed by atoms with Crippen molar-refractivity contribution in [3.05, 3.63) is 71.3 Å². The molecule has 0 saturated carbocycles. The van der Waals surface area contributed by atoms with Crippen LogP contribution in [0, 0.1) is 11.6 Å². The van der Waals surface area contributed by atoms with Crippen molar-refractivity contribution in [2.45, 2.75) is 6.10 Å². The highest BCUT2D eigenvalue weighted by atomic mass is 19.1. The second-order valence-corrected chi connectivity index (χ2v) is 4.26. The van der Waals surface area contributed by atoms with Crippen LogP contribution in [0.3, 0.4) is 0 Å². The number of amides is 1. The van der Waals surface area contributed by atoms with Gasteiger partial charge in [-0.1, -0.05) is 24.3 Å². The normalized spacial score (nSPS) is 11.9. The summed E-state index contributed by atoms with van der Waals surface area (Å²) in [7, 11) is 0. The quantitative estimate of drug-likeness (QED) is 0.901. The van der Waals surface area contributed by atoms with Crippen LogP contribution in [0.25, 0.3) is 0 Å². The SMILES string of the molecule is O=C(NCC(O)c1ccc(F)cc1)c1ccccc1F. The Morgan fingerprint density at radius 1 is 1.10 bits per heavy atom. The first kappa shape index (κ1) is 14.1. The van der Waals surface area contributed by atoms with Gasteiger partial charge in [-0.2, -0.15) is 0 Å². The Morgan fingerprint density at radius 3 is 2.40 bits per heavy atom. The Labute approximate surface area is 114 Å². The van der Waals surface area contributed by atoms with Crippen LogP contribution in [0.5, 0.6) is 0 Å². The fraction of sp³-hybridized carbons (Fsp3) is 0.133. The molecule has 2 aromatic carbocycles. The molecule has 0 aliphatic rings. The molecule has 0 aliphatic heterocycles. The molecule has 0 fully saturated rings. The van der Waals surface area contributed by atoms with E-state index in [1.807, 2.05) is 0 Å². The number of rotatable bonds is 4. The third-order valence-electron chi connectivity index (χ3n) is 2.83. The maximum absolute atomic E-state index is 13.4. The van der Waals surface area contributed by atoms with E-state index in [4.69, 9.17) is 0 Å². The Hall–Kier alpha value is -2.27. The first-order valence-corrected chi connectivity index (χ1v) is 6.04. The van der Waals surface area contributed by atoms with E-state index < -0.39 is 23.6 Å². The van der Waals surface area contributed by atoms with Gasteiger partial charge in [-0.05, 0) is 29.8 Å². The number of nitrogens with one attached hydrogen (secondary N) is 1. The maximum atomic E-state index is 13.4. The molecule has 0 radical (unpaired) electrons. The van der Waals surface area contributed by atoms with Gasteiger partial charge in [-0.25, -0.2) is 8.78 Å². The fourth-order valence-corrected chi connectivity index (χ4v) is 1.73. The number of carbonyl (C=O) groups is 1. The fourth-order valence-electron chi connectivity index (χ4n) is 1.73. The third-order valence-corrected chi connectivity index (χ3v) is 2.83. The molecule has 20 heavy (non-hydrogen) atoms. The zero-order chi connectivity index (χ0) is 14.5. The van der Waals surface area contributed by atoms with Crippen LogP contribution in [0.4, 0.5) is 8.78 Å². The van der Waals surface area contributed by atoms with Crippen LogP contribution >= 0.6 is 0 Å². The van der Waals surface area contributed by atoms with Gasteiger partial charge in [0.2, 0.25) is 0 Å². The highest BCUT2D eigenvalue weighted by molar-refractivity contribution is 5.94. The summed E-state index contributed by atoms with van der Waals surface area (Å²) < 4.78 is 26.1. The van der Waals surface area contributed by atoms with Gasteiger partial charge in [0, 0.05) is 6.54 Å². The minimum atomic E-state index is -0.980. The number of hydrogen-bond donors (Lipinski definition) is 2. The van der Waals surface area contributed by atoms with Gasteiger partial charge >= 0.3 is 0 Å². The summed E-state index contributed by atoms with van der Waals surface area (Å²) in [5.41, 5.74) is 0.388. The van der Waals surface area contributed by atoms with E-state index in [0.29, 0.717) is 5.56 Å². The molecular weight excluding hydrogens is 264 g/mol. The van der Waals surface area contributed by atoms with Crippen LogP contribution in [0.15, 0.2) is 48.5 Å². The van der Waals surface area contributed by atoms with Gasteiger partial charge in [-0.15, -0.1) is 0 Å². The van der Waals surface area contributed by atoms with E-state index in [1.54, 1.807) is 6.07 Å². The number of hydrogen-bond acceptors (Lipinski definition) is 2. The molecule has 1 amide bonds. The van der Waals surface area contributed by atoms with E-state index in [-0.39, 0.29) is 12.1 Å². The van der Waals surface area contributed by atoms with E-state index >= 15 is 0 Å². The summed E-state index contributed by atoms with van der Waals surface area (Å²) in [6.45, 7) is -0.0845. The van der Waals surface area contributed by atoms with Gasteiger partial charge in [0.25, 0.3) is 5.91 Å². The van der Waals surface area contributed by atoms with Gasteiger partial charge in [0.15, 0.2) is 0 Å². The summed E-state index contributed by atoms with van der Waals surface area (Å²) in [5.74, 6) is -1.64. The molecule has 0 heterocycles. The van der Waals surface area contributed by atoms with Crippen LogP contribution < -0.4 is 5.32 Å². The predicted octanol–water partition coefficient (Wildman–Crippen LogP) is 2.43. The lowest BCUT2D eigenvalue weighted by molar-refractivity contribution is 0.0912. The molecule has 3 nitrogen and oxygen atoms in total. The zero-order valence-electron chi connectivity index (χ0n) is 10.5. The maximum Gasteiger partial charge on any atom is 0.254 e. The van der Waals surface area contributed by atoms with Gasteiger partial charge in [-0.3, -0.25) is 4.79 Å². The molecule has 5 heteroatoms. The van der Waals surface area contributed by atoms with Crippen molar-refractivity contribution >= 4 is 5.91 Å². The van der Waals surface area contributed by atoms with Gasteiger partial charge in [0.05, 0.1) is 11.7 Å². The molecule has 0 aliphatic carbocycles. The monoisotopic (exact) mass is 277 g/mol. The molecule has 0 aromatic heterocycles. The Morgan fingerprint density at radius 2 is 1.75 bits per heavy atom. The molecule has 1 unspecified atom stereocenters. The number of carbonyl (C=O) groups excluding carboxylic acids is 1. The second kappa shape index (κ2) is 6.25. The second-order valence-electron chi connectivity index (χ2n) is 4.26. The van der Waals surface area contributed by atoms with E-state index in [1.165, 1.54) is 42.5 Å². The largest absolute Gasteiger partial charge is 0.387 e. The Bertz CT molecular complexity index is 599. The highest BCUT2D eigenvalue weighted by Crippen LogP contribution is 2.13. The van der Waals surface area contributed by atoms with Crippen molar-refractivity contribution in [2.24, 2.45) is 0 Å².